The summed E-state index contributed by atoms with van der Waals surface area (Å²) < 4.78 is 1.65. The van der Waals surface area contributed by atoms with Gasteiger partial charge in [-0.2, -0.15) is 0 Å². The zero-order valence-electron chi connectivity index (χ0n) is 15.6. The topological polar surface area (TPSA) is 54.7 Å². The van der Waals surface area contributed by atoms with E-state index in [1.807, 2.05) is 43.5 Å². The summed E-state index contributed by atoms with van der Waals surface area (Å²) in [6.45, 7) is 6.32. The molecule has 5 nitrogen and oxygen atoms in total. The standard InChI is InChI=1S/C21H23N3O2S/c1-14-3-5-16(6-4-14)20(26)17-7-9-23(10-8-17)12-18-11-19(25)24-15(2)13-27-21(24)22-18/h3-6,11,13,17H,7-10,12H2,1-2H3. The van der Waals surface area contributed by atoms with Gasteiger partial charge in [-0.25, -0.2) is 4.98 Å². The minimum Gasteiger partial charge on any atom is -0.297 e. The van der Waals surface area contributed by atoms with Crippen molar-refractivity contribution in [3.63, 3.8) is 0 Å². The average molecular weight is 382 g/mol. The van der Waals surface area contributed by atoms with Crippen LogP contribution in [0.5, 0.6) is 0 Å². The Bertz CT molecular complexity index is 1030. The second kappa shape index (κ2) is 7.37. The zero-order chi connectivity index (χ0) is 19.0. The smallest absolute Gasteiger partial charge is 0.259 e. The lowest BCUT2D eigenvalue weighted by molar-refractivity contribution is 0.0834. The lowest BCUT2D eigenvalue weighted by atomic mass is 9.88. The summed E-state index contributed by atoms with van der Waals surface area (Å²) in [7, 11) is 0. The van der Waals surface area contributed by atoms with Crippen molar-refractivity contribution in [2.45, 2.75) is 33.2 Å². The molecule has 1 aliphatic rings. The molecule has 3 heterocycles. The number of hydrogen-bond donors (Lipinski definition) is 0. The van der Waals surface area contributed by atoms with Crippen LogP contribution in [0.3, 0.4) is 0 Å². The molecule has 0 aliphatic carbocycles. The Hall–Kier alpha value is -2.31. The van der Waals surface area contributed by atoms with Crippen LogP contribution in [0.4, 0.5) is 0 Å². The monoisotopic (exact) mass is 381 g/mol. The van der Waals surface area contributed by atoms with Gasteiger partial charge in [0, 0.05) is 35.2 Å². The van der Waals surface area contributed by atoms with Crippen molar-refractivity contribution in [2.75, 3.05) is 13.1 Å². The molecule has 1 fully saturated rings. The van der Waals surface area contributed by atoms with E-state index in [0.717, 1.165) is 47.8 Å². The molecule has 1 aliphatic heterocycles. The number of aromatic nitrogens is 2. The zero-order valence-corrected chi connectivity index (χ0v) is 16.5. The van der Waals surface area contributed by atoms with Gasteiger partial charge in [0.05, 0.1) is 5.69 Å². The predicted octanol–water partition coefficient (Wildman–Crippen LogP) is 3.47. The Balaban J connectivity index is 1.40. The molecule has 0 N–H and O–H groups in total. The summed E-state index contributed by atoms with van der Waals surface area (Å²) >= 11 is 1.50. The van der Waals surface area contributed by atoms with Crippen LogP contribution in [0, 0.1) is 19.8 Å². The Labute approximate surface area is 162 Å². The summed E-state index contributed by atoms with van der Waals surface area (Å²) in [6.07, 6.45) is 1.71. The van der Waals surface area contributed by atoms with Gasteiger partial charge in [0.25, 0.3) is 5.56 Å². The second-order valence-corrected chi connectivity index (χ2v) is 8.20. The van der Waals surface area contributed by atoms with Crippen LogP contribution in [0.2, 0.25) is 0 Å². The number of nitrogens with zero attached hydrogens (tertiary/aromatic N) is 3. The maximum Gasteiger partial charge on any atom is 0.259 e. The van der Waals surface area contributed by atoms with Crippen molar-refractivity contribution in [1.82, 2.24) is 14.3 Å². The lowest BCUT2D eigenvalue weighted by Crippen LogP contribution is -2.36. The first-order valence-corrected chi connectivity index (χ1v) is 10.2. The number of benzene rings is 1. The van der Waals surface area contributed by atoms with Crippen molar-refractivity contribution in [2.24, 2.45) is 5.92 Å². The van der Waals surface area contributed by atoms with E-state index in [4.69, 9.17) is 0 Å². The molecule has 2 aromatic heterocycles. The predicted molar refractivity (Wildman–Crippen MR) is 108 cm³/mol. The van der Waals surface area contributed by atoms with Crippen LogP contribution >= 0.6 is 11.3 Å². The summed E-state index contributed by atoms with van der Waals surface area (Å²) in [5.74, 6) is 0.339. The first-order chi connectivity index (χ1) is 13.0. The minimum absolute atomic E-state index is 0.0156. The number of aryl methyl sites for hydroxylation is 2. The molecule has 0 unspecified atom stereocenters. The molecule has 0 saturated carbocycles. The molecule has 4 rings (SSSR count). The van der Waals surface area contributed by atoms with Gasteiger partial charge in [-0.1, -0.05) is 29.8 Å². The van der Waals surface area contributed by atoms with E-state index in [1.165, 1.54) is 16.9 Å². The number of Topliss-reactive ketones (excluding diaryl/α,β-unsaturated/α-hetero) is 1. The third-order valence-corrected chi connectivity index (χ3v) is 6.25. The Kier molecular flexibility index (Phi) is 4.93. The molecule has 0 spiro atoms. The van der Waals surface area contributed by atoms with Crippen molar-refractivity contribution < 1.29 is 4.79 Å². The second-order valence-electron chi connectivity index (χ2n) is 7.36. The van der Waals surface area contributed by atoms with Gasteiger partial charge < -0.3 is 0 Å². The fourth-order valence-electron chi connectivity index (χ4n) is 3.72. The fourth-order valence-corrected chi connectivity index (χ4v) is 4.61. The minimum atomic E-state index is -0.0156. The molecule has 0 radical (unpaired) electrons. The Morgan fingerprint density at radius 1 is 1.19 bits per heavy atom. The van der Waals surface area contributed by atoms with E-state index in [0.29, 0.717) is 6.54 Å². The summed E-state index contributed by atoms with van der Waals surface area (Å²) in [4.78, 5) is 32.7. The first-order valence-electron chi connectivity index (χ1n) is 9.31. The molecular formula is C21H23N3O2S. The highest BCUT2D eigenvalue weighted by Crippen LogP contribution is 2.23. The van der Waals surface area contributed by atoms with Gasteiger partial charge in [0.2, 0.25) is 0 Å². The van der Waals surface area contributed by atoms with Gasteiger partial charge in [0.15, 0.2) is 10.7 Å². The molecule has 0 bridgehead atoms. The van der Waals surface area contributed by atoms with Gasteiger partial charge in [0.1, 0.15) is 0 Å². The summed E-state index contributed by atoms with van der Waals surface area (Å²) in [6, 6.07) is 9.49. The number of carbonyl (C=O) groups excluding carboxylic acids is 1. The molecule has 1 saturated heterocycles. The molecular weight excluding hydrogens is 358 g/mol. The number of carbonyl (C=O) groups is 1. The number of hydrogen-bond acceptors (Lipinski definition) is 5. The SMILES string of the molecule is Cc1ccc(C(=O)C2CCN(Cc3cc(=O)n4c(C)csc4n3)CC2)cc1. The van der Waals surface area contributed by atoms with Gasteiger partial charge in [-0.05, 0) is 39.8 Å². The highest BCUT2D eigenvalue weighted by Gasteiger charge is 2.26. The van der Waals surface area contributed by atoms with Crippen LogP contribution < -0.4 is 5.56 Å². The van der Waals surface area contributed by atoms with Crippen LogP contribution in [0.25, 0.3) is 4.96 Å². The molecule has 0 atom stereocenters. The van der Waals surface area contributed by atoms with Crippen molar-refractivity contribution in [3.05, 3.63) is 68.6 Å². The highest BCUT2D eigenvalue weighted by molar-refractivity contribution is 7.15. The first kappa shape index (κ1) is 18.1. The third-order valence-electron chi connectivity index (χ3n) is 5.31. The van der Waals surface area contributed by atoms with E-state index in [1.54, 1.807) is 10.5 Å². The van der Waals surface area contributed by atoms with Crippen LogP contribution in [-0.2, 0) is 6.54 Å². The molecule has 1 aromatic carbocycles. The molecule has 3 aromatic rings. The van der Waals surface area contributed by atoms with Crippen LogP contribution in [-0.4, -0.2) is 33.2 Å². The highest BCUT2D eigenvalue weighted by atomic mass is 32.1. The molecule has 27 heavy (non-hydrogen) atoms. The van der Waals surface area contributed by atoms with E-state index < -0.39 is 0 Å². The van der Waals surface area contributed by atoms with E-state index in [2.05, 4.69) is 9.88 Å². The van der Waals surface area contributed by atoms with Gasteiger partial charge in [-0.3, -0.25) is 18.9 Å². The maximum atomic E-state index is 12.7. The molecule has 0 amide bonds. The Morgan fingerprint density at radius 3 is 2.59 bits per heavy atom. The average Bonchev–Trinajstić information content (AvgIpc) is 3.04. The number of piperidine rings is 1. The quantitative estimate of drug-likeness (QED) is 0.650. The molecule has 140 valence electrons. The number of thiazole rings is 1. The lowest BCUT2D eigenvalue weighted by Gasteiger charge is -2.31. The number of ketones is 1. The van der Waals surface area contributed by atoms with Crippen LogP contribution in [0.1, 0.15) is 40.2 Å². The van der Waals surface area contributed by atoms with Gasteiger partial charge >= 0.3 is 0 Å². The number of rotatable bonds is 4. The van der Waals surface area contributed by atoms with Gasteiger partial charge in [-0.15, -0.1) is 11.3 Å². The fraction of sp³-hybridized carbons (Fsp3) is 0.381. The largest absolute Gasteiger partial charge is 0.297 e. The van der Waals surface area contributed by atoms with E-state index in [-0.39, 0.29) is 17.3 Å². The maximum absolute atomic E-state index is 12.7. The molecule has 6 heteroatoms. The van der Waals surface area contributed by atoms with E-state index >= 15 is 0 Å². The van der Waals surface area contributed by atoms with E-state index in [9.17, 15) is 9.59 Å². The van der Waals surface area contributed by atoms with Crippen molar-refractivity contribution in [1.29, 1.82) is 0 Å². The normalized spacial score (nSPS) is 16.1. The van der Waals surface area contributed by atoms with Crippen molar-refractivity contribution in [3.8, 4) is 0 Å². The summed E-state index contributed by atoms with van der Waals surface area (Å²) in [5, 5.41) is 1.95. The summed E-state index contributed by atoms with van der Waals surface area (Å²) in [5.41, 5.74) is 3.70. The van der Waals surface area contributed by atoms with Crippen molar-refractivity contribution >= 4 is 22.1 Å². The third kappa shape index (κ3) is 3.73. The number of fused-ring (bicyclic) bond motifs is 1. The van der Waals surface area contributed by atoms with Crippen LogP contribution in [0.15, 0.2) is 40.5 Å². The number of likely N-dealkylation sites (tertiary alicyclic amines) is 1. The Morgan fingerprint density at radius 2 is 1.89 bits per heavy atom.